The molecule has 0 heterocycles. The van der Waals surface area contributed by atoms with Crippen molar-refractivity contribution < 1.29 is 4.79 Å². The van der Waals surface area contributed by atoms with E-state index in [2.05, 4.69) is 12.2 Å². The van der Waals surface area contributed by atoms with E-state index in [1.54, 1.807) is 18.2 Å². The van der Waals surface area contributed by atoms with Crippen LogP contribution >= 0.6 is 23.2 Å². The summed E-state index contributed by atoms with van der Waals surface area (Å²) >= 11 is 12.3. The van der Waals surface area contributed by atoms with Crippen molar-refractivity contribution in [3.63, 3.8) is 0 Å². The second-order valence-electron chi connectivity index (χ2n) is 5.14. The molecule has 0 bridgehead atoms. The van der Waals surface area contributed by atoms with Crippen LogP contribution in [0.1, 0.15) is 36.9 Å². The number of carbonyl (C=O) groups is 1. The minimum Gasteiger partial charge on any atom is -0.349 e. The first kappa shape index (κ1) is 16.9. The maximum Gasteiger partial charge on any atom is 0.220 e. The number of nitrogens with one attached hydrogen (secondary N) is 1. The summed E-state index contributed by atoms with van der Waals surface area (Å²) in [6.45, 7) is 2.06. The molecule has 0 radical (unpaired) electrons. The molecule has 116 valence electrons. The molecule has 0 spiro atoms. The van der Waals surface area contributed by atoms with Crippen LogP contribution in [0.15, 0.2) is 48.5 Å². The van der Waals surface area contributed by atoms with Gasteiger partial charge in [0.15, 0.2) is 0 Å². The molecule has 1 amide bonds. The molecular formula is C18H19Cl2NO. The summed E-state index contributed by atoms with van der Waals surface area (Å²) in [5.74, 6) is 0.00619. The van der Waals surface area contributed by atoms with Gasteiger partial charge in [-0.2, -0.15) is 0 Å². The van der Waals surface area contributed by atoms with Crippen molar-refractivity contribution in [1.29, 1.82) is 0 Å². The minimum atomic E-state index is 0.00619. The van der Waals surface area contributed by atoms with Gasteiger partial charge in [-0.05, 0) is 36.1 Å². The van der Waals surface area contributed by atoms with E-state index in [-0.39, 0.29) is 11.9 Å². The molecule has 0 aliphatic carbocycles. The fraction of sp³-hybridized carbons (Fsp3) is 0.278. The number of carbonyl (C=O) groups excluding carboxylic acids is 1. The van der Waals surface area contributed by atoms with Gasteiger partial charge in [-0.25, -0.2) is 0 Å². The Labute approximate surface area is 141 Å². The van der Waals surface area contributed by atoms with E-state index in [1.165, 1.54) is 0 Å². The highest BCUT2D eigenvalue weighted by Gasteiger charge is 2.13. The Bertz CT molecular complexity index is 608. The lowest BCUT2D eigenvalue weighted by molar-refractivity contribution is -0.121. The zero-order valence-electron chi connectivity index (χ0n) is 12.5. The molecular weight excluding hydrogens is 317 g/mol. The van der Waals surface area contributed by atoms with Gasteiger partial charge in [0.05, 0.1) is 6.04 Å². The normalized spacial score (nSPS) is 12.0. The standard InChI is InChI=1S/C18H19Cl2NO/c1-2-17(13-7-4-3-5-8-13)21-18(22)12-11-14-15(19)9-6-10-16(14)20/h3-10,17H,2,11-12H2,1H3,(H,21,22)/t17-/m0/s1. The van der Waals surface area contributed by atoms with E-state index in [0.717, 1.165) is 17.5 Å². The lowest BCUT2D eigenvalue weighted by atomic mass is 10.0. The van der Waals surface area contributed by atoms with Crippen LogP contribution in [-0.4, -0.2) is 5.91 Å². The van der Waals surface area contributed by atoms with Gasteiger partial charge in [0.1, 0.15) is 0 Å². The number of amides is 1. The third-order valence-corrected chi connectivity index (χ3v) is 4.32. The number of rotatable bonds is 6. The lowest BCUT2D eigenvalue weighted by Gasteiger charge is -2.17. The highest BCUT2D eigenvalue weighted by molar-refractivity contribution is 6.36. The average Bonchev–Trinajstić information content (AvgIpc) is 2.53. The van der Waals surface area contributed by atoms with Gasteiger partial charge in [0.2, 0.25) is 5.91 Å². The monoisotopic (exact) mass is 335 g/mol. The summed E-state index contributed by atoms with van der Waals surface area (Å²) in [6.07, 6.45) is 1.75. The van der Waals surface area contributed by atoms with Crippen LogP contribution < -0.4 is 5.32 Å². The SMILES string of the molecule is CC[C@H](NC(=O)CCc1c(Cl)cccc1Cl)c1ccccc1. The molecule has 0 saturated carbocycles. The molecule has 0 fully saturated rings. The van der Waals surface area contributed by atoms with Crippen LogP contribution in [0.4, 0.5) is 0 Å². The van der Waals surface area contributed by atoms with Gasteiger partial charge in [-0.15, -0.1) is 0 Å². The topological polar surface area (TPSA) is 29.1 Å². The third-order valence-electron chi connectivity index (χ3n) is 3.61. The largest absolute Gasteiger partial charge is 0.349 e. The van der Waals surface area contributed by atoms with Crippen LogP contribution in [-0.2, 0) is 11.2 Å². The Morgan fingerprint density at radius 1 is 1.05 bits per heavy atom. The van der Waals surface area contributed by atoms with Crippen molar-refractivity contribution in [3.8, 4) is 0 Å². The summed E-state index contributed by atoms with van der Waals surface area (Å²) in [4.78, 5) is 12.2. The number of benzene rings is 2. The van der Waals surface area contributed by atoms with Crippen LogP contribution in [0, 0.1) is 0 Å². The van der Waals surface area contributed by atoms with E-state index < -0.39 is 0 Å². The summed E-state index contributed by atoms with van der Waals surface area (Å²) in [5.41, 5.74) is 1.95. The van der Waals surface area contributed by atoms with Crippen LogP contribution in [0.3, 0.4) is 0 Å². The number of hydrogen-bond acceptors (Lipinski definition) is 1. The molecule has 22 heavy (non-hydrogen) atoms. The van der Waals surface area contributed by atoms with E-state index in [0.29, 0.717) is 22.9 Å². The molecule has 0 unspecified atom stereocenters. The Morgan fingerprint density at radius 2 is 1.68 bits per heavy atom. The predicted octanol–water partition coefficient (Wildman–Crippen LogP) is 5.19. The highest BCUT2D eigenvalue weighted by atomic mass is 35.5. The Morgan fingerprint density at radius 3 is 2.27 bits per heavy atom. The number of hydrogen-bond donors (Lipinski definition) is 1. The maximum absolute atomic E-state index is 12.2. The molecule has 2 nitrogen and oxygen atoms in total. The Balaban J connectivity index is 1.95. The predicted molar refractivity (Wildman–Crippen MR) is 92.4 cm³/mol. The zero-order valence-corrected chi connectivity index (χ0v) is 14.0. The van der Waals surface area contributed by atoms with Crippen molar-refractivity contribution in [3.05, 3.63) is 69.7 Å². The first-order valence-electron chi connectivity index (χ1n) is 7.39. The van der Waals surface area contributed by atoms with Gasteiger partial charge in [-0.3, -0.25) is 4.79 Å². The second kappa shape index (κ2) is 8.21. The van der Waals surface area contributed by atoms with Gasteiger partial charge in [-0.1, -0.05) is 66.5 Å². The van der Waals surface area contributed by atoms with Crippen molar-refractivity contribution in [1.82, 2.24) is 5.32 Å². The first-order valence-corrected chi connectivity index (χ1v) is 8.14. The fourth-order valence-corrected chi connectivity index (χ4v) is 2.97. The number of halogens is 2. The van der Waals surface area contributed by atoms with Crippen molar-refractivity contribution in [2.75, 3.05) is 0 Å². The van der Waals surface area contributed by atoms with Crippen LogP contribution in [0.5, 0.6) is 0 Å². The average molecular weight is 336 g/mol. The molecule has 0 saturated heterocycles. The summed E-state index contributed by atoms with van der Waals surface area (Å²) < 4.78 is 0. The molecule has 0 aromatic heterocycles. The summed E-state index contributed by atoms with van der Waals surface area (Å²) in [7, 11) is 0. The van der Waals surface area contributed by atoms with Crippen molar-refractivity contribution in [2.24, 2.45) is 0 Å². The molecule has 1 atom stereocenters. The van der Waals surface area contributed by atoms with Gasteiger partial charge in [0.25, 0.3) is 0 Å². The molecule has 0 aliphatic heterocycles. The molecule has 2 aromatic rings. The quantitative estimate of drug-likeness (QED) is 0.772. The molecule has 2 aromatic carbocycles. The third kappa shape index (κ3) is 4.49. The van der Waals surface area contributed by atoms with Crippen molar-refractivity contribution in [2.45, 2.75) is 32.2 Å². The van der Waals surface area contributed by atoms with E-state index >= 15 is 0 Å². The fourth-order valence-electron chi connectivity index (χ4n) is 2.38. The Hall–Kier alpha value is -1.51. The van der Waals surface area contributed by atoms with Gasteiger partial charge >= 0.3 is 0 Å². The smallest absolute Gasteiger partial charge is 0.220 e. The van der Waals surface area contributed by atoms with E-state index in [1.807, 2.05) is 30.3 Å². The molecule has 2 rings (SSSR count). The van der Waals surface area contributed by atoms with Crippen LogP contribution in [0.25, 0.3) is 0 Å². The minimum absolute atomic E-state index is 0.00619. The molecule has 1 N–H and O–H groups in total. The zero-order chi connectivity index (χ0) is 15.9. The first-order chi connectivity index (χ1) is 10.6. The lowest BCUT2D eigenvalue weighted by Crippen LogP contribution is -2.28. The van der Waals surface area contributed by atoms with Crippen molar-refractivity contribution >= 4 is 29.1 Å². The van der Waals surface area contributed by atoms with E-state index in [4.69, 9.17) is 23.2 Å². The van der Waals surface area contributed by atoms with Crippen LogP contribution in [0.2, 0.25) is 10.0 Å². The summed E-state index contributed by atoms with van der Waals surface area (Å²) in [5, 5.41) is 4.28. The van der Waals surface area contributed by atoms with Gasteiger partial charge in [0, 0.05) is 16.5 Å². The van der Waals surface area contributed by atoms with E-state index in [9.17, 15) is 4.79 Å². The van der Waals surface area contributed by atoms with Gasteiger partial charge < -0.3 is 5.32 Å². The maximum atomic E-state index is 12.2. The summed E-state index contributed by atoms with van der Waals surface area (Å²) in [6, 6.07) is 15.4. The highest BCUT2D eigenvalue weighted by Crippen LogP contribution is 2.25. The molecule has 0 aliphatic rings. The molecule has 4 heteroatoms. The second-order valence-corrected chi connectivity index (χ2v) is 5.95. The Kier molecular flexibility index (Phi) is 6.29.